The van der Waals surface area contributed by atoms with Crippen molar-refractivity contribution in [3.63, 3.8) is 0 Å². The minimum atomic E-state index is 0.905. The van der Waals surface area contributed by atoms with Crippen molar-refractivity contribution >= 4 is 53.4 Å². The van der Waals surface area contributed by atoms with Gasteiger partial charge in [0.2, 0.25) is 0 Å². The van der Waals surface area contributed by atoms with Crippen molar-refractivity contribution in [1.82, 2.24) is 0 Å². The van der Waals surface area contributed by atoms with Crippen LogP contribution in [0.4, 0.5) is 0 Å². The Labute approximate surface area is 182 Å². The minimum Gasteiger partial charge on any atom is -0.456 e. The number of hydrogen-bond donors (Lipinski definition) is 0. The van der Waals surface area contributed by atoms with Crippen molar-refractivity contribution in [2.75, 3.05) is 0 Å². The van der Waals surface area contributed by atoms with Gasteiger partial charge in [-0.3, -0.25) is 0 Å². The van der Waals surface area contributed by atoms with Crippen LogP contribution in [0.5, 0.6) is 0 Å². The predicted molar refractivity (Wildman–Crippen MR) is 130 cm³/mol. The van der Waals surface area contributed by atoms with Crippen molar-refractivity contribution in [3.05, 3.63) is 97.1 Å². The van der Waals surface area contributed by atoms with Gasteiger partial charge in [-0.15, -0.1) is 11.3 Å². The van der Waals surface area contributed by atoms with E-state index in [2.05, 4.69) is 60.7 Å². The largest absolute Gasteiger partial charge is 0.456 e. The van der Waals surface area contributed by atoms with Gasteiger partial charge < -0.3 is 8.83 Å². The first-order valence-electron chi connectivity index (χ1n) is 10.3. The monoisotopic (exact) mass is 416 g/mol. The molecule has 0 saturated heterocycles. The van der Waals surface area contributed by atoms with Crippen LogP contribution in [0.15, 0.2) is 106 Å². The Morgan fingerprint density at radius 3 is 1.39 bits per heavy atom. The van der Waals surface area contributed by atoms with Crippen LogP contribution in [0.25, 0.3) is 64.8 Å². The Morgan fingerprint density at radius 2 is 0.935 bits per heavy atom. The molecule has 3 heterocycles. The average Bonchev–Trinajstić information content (AvgIpc) is 3.51. The van der Waals surface area contributed by atoms with Crippen molar-refractivity contribution in [2.24, 2.45) is 0 Å². The normalized spacial score (nSPS) is 11.9. The highest BCUT2D eigenvalue weighted by molar-refractivity contribution is 7.26. The summed E-state index contributed by atoms with van der Waals surface area (Å²) in [4.78, 5) is 0. The van der Waals surface area contributed by atoms with Crippen molar-refractivity contribution < 1.29 is 8.83 Å². The second-order valence-electron chi connectivity index (χ2n) is 7.83. The quantitative estimate of drug-likeness (QED) is 0.281. The first-order valence-corrected chi connectivity index (χ1v) is 11.1. The van der Waals surface area contributed by atoms with Crippen LogP contribution >= 0.6 is 11.3 Å². The molecule has 31 heavy (non-hydrogen) atoms. The van der Waals surface area contributed by atoms with Crippen molar-refractivity contribution in [3.8, 4) is 22.6 Å². The molecule has 7 aromatic rings. The zero-order valence-electron chi connectivity index (χ0n) is 16.5. The summed E-state index contributed by atoms with van der Waals surface area (Å²) in [6.45, 7) is 0. The van der Waals surface area contributed by atoms with Gasteiger partial charge in [0.05, 0.1) is 0 Å². The summed E-state index contributed by atoms with van der Waals surface area (Å²) in [5.41, 5.74) is 4.04. The summed E-state index contributed by atoms with van der Waals surface area (Å²) in [6.07, 6.45) is 0. The highest BCUT2D eigenvalue weighted by Gasteiger charge is 2.14. The summed E-state index contributed by atoms with van der Waals surface area (Å²) in [6, 6.07) is 33.6. The van der Waals surface area contributed by atoms with E-state index in [1.807, 2.05) is 36.4 Å². The van der Waals surface area contributed by atoms with Crippen molar-refractivity contribution in [2.45, 2.75) is 0 Å². The molecule has 0 amide bonds. The van der Waals surface area contributed by atoms with Crippen LogP contribution in [0, 0.1) is 0 Å². The Morgan fingerprint density at radius 1 is 0.484 bits per heavy atom. The van der Waals surface area contributed by atoms with Gasteiger partial charge in [0.15, 0.2) is 0 Å². The maximum Gasteiger partial charge on any atom is 0.136 e. The molecule has 4 aromatic carbocycles. The predicted octanol–water partition coefficient (Wildman–Crippen LogP) is 8.88. The molecule has 0 aliphatic carbocycles. The van der Waals surface area contributed by atoms with E-state index >= 15 is 0 Å². The second-order valence-corrected chi connectivity index (χ2v) is 8.91. The molecule has 0 fully saturated rings. The standard InChI is InChI=1S/C28H16O2S/c1-3-7-17(8-4-1)23-13-19-11-21-22-12-20-14-24(18-9-5-2-6-10-18)30-26(20)16-28(22)31-27(21)15-25(19)29-23/h1-16H. The Balaban J connectivity index is 1.42. The zero-order valence-corrected chi connectivity index (χ0v) is 17.3. The molecule has 0 aliphatic rings. The van der Waals surface area contributed by atoms with E-state index in [0.29, 0.717) is 0 Å². The number of benzene rings is 4. The van der Waals surface area contributed by atoms with E-state index in [1.165, 1.54) is 20.2 Å². The SMILES string of the molecule is c1ccc(-c2cc3cc4c(cc3o2)sc2cc3oc(-c5ccccc5)cc3cc24)cc1. The lowest BCUT2D eigenvalue weighted by molar-refractivity contribution is 0.631. The molecule has 0 bridgehead atoms. The van der Waals surface area contributed by atoms with Crippen LogP contribution in [0.3, 0.4) is 0 Å². The molecule has 3 aromatic heterocycles. The molecule has 7 rings (SSSR count). The van der Waals surface area contributed by atoms with Crippen LogP contribution < -0.4 is 0 Å². The summed E-state index contributed by atoms with van der Waals surface area (Å²) >= 11 is 1.78. The number of hydrogen-bond acceptors (Lipinski definition) is 3. The molecule has 3 heteroatoms. The summed E-state index contributed by atoms with van der Waals surface area (Å²) < 4.78 is 14.8. The van der Waals surface area contributed by atoms with Gasteiger partial charge in [0.1, 0.15) is 22.7 Å². The fourth-order valence-corrected chi connectivity index (χ4v) is 5.46. The molecular formula is C28H16O2S. The summed E-state index contributed by atoms with van der Waals surface area (Å²) in [7, 11) is 0. The lowest BCUT2D eigenvalue weighted by Gasteiger charge is -1.94. The maximum absolute atomic E-state index is 6.17. The fraction of sp³-hybridized carbons (Fsp3) is 0. The molecule has 2 nitrogen and oxygen atoms in total. The van der Waals surface area contributed by atoms with Gasteiger partial charge >= 0.3 is 0 Å². The van der Waals surface area contributed by atoms with Gasteiger partial charge in [-0.2, -0.15) is 0 Å². The molecule has 0 unspecified atom stereocenters. The van der Waals surface area contributed by atoms with Gasteiger partial charge in [-0.05, 0) is 36.4 Å². The van der Waals surface area contributed by atoms with Crippen LogP contribution in [0.1, 0.15) is 0 Å². The first kappa shape index (κ1) is 16.9. The Kier molecular flexibility index (Phi) is 3.46. The Bertz CT molecular complexity index is 1590. The van der Waals surface area contributed by atoms with Gasteiger partial charge in [0, 0.05) is 42.1 Å². The molecule has 0 N–H and O–H groups in total. The molecular weight excluding hydrogens is 400 g/mol. The molecule has 0 radical (unpaired) electrons. The lowest BCUT2D eigenvalue weighted by Crippen LogP contribution is -1.69. The Hall–Kier alpha value is -3.82. The highest BCUT2D eigenvalue weighted by Crippen LogP contribution is 2.41. The van der Waals surface area contributed by atoms with Crippen LogP contribution in [-0.4, -0.2) is 0 Å². The van der Waals surface area contributed by atoms with Crippen LogP contribution in [-0.2, 0) is 0 Å². The number of rotatable bonds is 2. The van der Waals surface area contributed by atoms with E-state index in [-0.39, 0.29) is 0 Å². The molecule has 0 saturated carbocycles. The molecule has 0 spiro atoms. The highest BCUT2D eigenvalue weighted by atomic mass is 32.1. The minimum absolute atomic E-state index is 0.905. The third-order valence-corrected chi connectivity index (χ3v) is 6.98. The van der Waals surface area contributed by atoms with Crippen molar-refractivity contribution in [1.29, 1.82) is 0 Å². The smallest absolute Gasteiger partial charge is 0.136 e. The van der Waals surface area contributed by atoms with E-state index in [4.69, 9.17) is 8.83 Å². The molecule has 0 atom stereocenters. The van der Waals surface area contributed by atoms with E-state index in [1.54, 1.807) is 11.3 Å². The second kappa shape index (κ2) is 6.34. The average molecular weight is 417 g/mol. The number of thiophene rings is 1. The van der Waals surface area contributed by atoms with Gasteiger partial charge in [-0.1, -0.05) is 60.7 Å². The van der Waals surface area contributed by atoms with Gasteiger partial charge in [0.25, 0.3) is 0 Å². The van der Waals surface area contributed by atoms with Gasteiger partial charge in [-0.25, -0.2) is 0 Å². The first-order chi connectivity index (χ1) is 15.3. The van der Waals surface area contributed by atoms with E-state index in [0.717, 1.165) is 44.6 Å². The fourth-order valence-electron chi connectivity index (χ4n) is 4.33. The lowest BCUT2D eigenvalue weighted by atomic mass is 10.1. The van der Waals surface area contributed by atoms with E-state index < -0.39 is 0 Å². The number of fused-ring (bicyclic) bond motifs is 5. The topological polar surface area (TPSA) is 26.3 Å². The maximum atomic E-state index is 6.17. The summed E-state index contributed by atoms with van der Waals surface area (Å²) in [5, 5.41) is 4.78. The molecule has 146 valence electrons. The van der Waals surface area contributed by atoms with Crippen LogP contribution in [0.2, 0.25) is 0 Å². The molecule has 0 aliphatic heterocycles. The summed E-state index contributed by atoms with van der Waals surface area (Å²) in [5.74, 6) is 1.81. The van der Waals surface area contributed by atoms with E-state index in [9.17, 15) is 0 Å². The number of furan rings is 2. The third kappa shape index (κ3) is 2.64. The third-order valence-electron chi connectivity index (χ3n) is 5.86. The zero-order chi connectivity index (χ0) is 20.4.